The zero-order valence-electron chi connectivity index (χ0n) is 11.2. The van der Waals surface area contributed by atoms with E-state index in [0.717, 1.165) is 5.56 Å². The molecule has 2 aromatic rings. The number of hydrogen-bond donors (Lipinski definition) is 0. The van der Waals surface area contributed by atoms with Gasteiger partial charge in [-0.25, -0.2) is 0 Å². The summed E-state index contributed by atoms with van der Waals surface area (Å²) in [5.41, 5.74) is 1.96. The van der Waals surface area contributed by atoms with Crippen LogP contribution in [-0.2, 0) is 0 Å². The van der Waals surface area contributed by atoms with Gasteiger partial charge in [0.1, 0.15) is 0 Å². The van der Waals surface area contributed by atoms with Crippen molar-refractivity contribution in [2.75, 3.05) is 0 Å². The van der Waals surface area contributed by atoms with E-state index >= 15 is 0 Å². The Morgan fingerprint density at radius 1 is 1.20 bits per heavy atom. The van der Waals surface area contributed by atoms with Crippen molar-refractivity contribution in [1.82, 2.24) is 10.2 Å². The van der Waals surface area contributed by atoms with Gasteiger partial charge in [0.05, 0.1) is 4.92 Å². The summed E-state index contributed by atoms with van der Waals surface area (Å²) in [6.07, 6.45) is 0. The summed E-state index contributed by atoms with van der Waals surface area (Å²) in [6, 6.07) is 4.72. The predicted octanol–water partition coefficient (Wildman–Crippen LogP) is 3.76. The van der Waals surface area contributed by atoms with Crippen LogP contribution in [0.25, 0.3) is 0 Å². The summed E-state index contributed by atoms with van der Waals surface area (Å²) in [6.45, 7) is 5.29. The van der Waals surface area contributed by atoms with E-state index in [1.807, 2.05) is 0 Å². The van der Waals surface area contributed by atoms with Crippen molar-refractivity contribution in [3.63, 3.8) is 0 Å². The molecule has 7 heteroatoms. The van der Waals surface area contributed by atoms with E-state index in [9.17, 15) is 10.1 Å². The van der Waals surface area contributed by atoms with Crippen LogP contribution in [-0.4, -0.2) is 15.1 Å². The molecule has 0 radical (unpaired) electrons. The topological polar surface area (TPSA) is 78.2 Å². The molecule has 6 nitrogen and oxygen atoms in total. The molecule has 0 N–H and O–H groups in total. The minimum Gasteiger partial charge on any atom is -0.430 e. The lowest BCUT2D eigenvalue weighted by Crippen LogP contribution is -2.01. The highest BCUT2D eigenvalue weighted by Gasteiger charge is 2.20. The number of nitrogens with zero attached hydrogens (tertiary/aromatic N) is 3. The normalized spacial score (nSPS) is 10.4. The summed E-state index contributed by atoms with van der Waals surface area (Å²) >= 11 is 5.86. The average Bonchev–Trinajstić information content (AvgIpc) is 2.41. The molecule has 0 aliphatic carbocycles. The van der Waals surface area contributed by atoms with Gasteiger partial charge in [-0.1, -0.05) is 23.7 Å². The third-order valence-electron chi connectivity index (χ3n) is 3.01. The van der Waals surface area contributed by atoms with Gasteiger partial charge in [-0.15, -0.1) is 10.2 Å². The average molecular weight is 294 g/mol. The number of halogens is 1. The molecule has 1 aromatic heterocycles. The summed E-state index contributed by atoms with van der Waals surface area (Å²) in [4.78, 5) is 10.5. The van der Waals surface area contributed by atoms with Crippen LogP contribution in [0.1, 0.15) is 16.7 Å². The van der Waals surface area contributed by atoms with E-state index in [1.54, 1.807) is 32.9 Å². The second kappa shape index (κ2) is 5.42. The highest BCUT2D eigenvalue weighted by molar-refractivity contribution is 6.30. The number of benzene rings is 1. The number of nitro groups is 1. The van der Waals surface area contributed by atoms with Crippen LogP contribution >= 0.6 is 11.6 Å². The second-order valence-corrected chi connectivity index (χ2v) is 4.69. The summed E-state index contributed by atoms with van der Waals surface area (Å²) in [7, 11) is 0. The van der Waals surface area contributed by atoms with E-state index in [1.165, 1.54) is 6.07 Å². The van der Waals surface area contributed by atoms with E-state index in [0.29, 0.717) is 11.1 Å². The Kier molecular flexibility index (Phi) is 3.85. The van der Waals surface area contributed by atoms with Gasteiger partial charge >= 0.3 is 5.69 Å². The molecule has 0 aliphatic heterocycles. The number of nitro benzene ring substituents is 1. The molecule has 0 spiro atoms. The van der Waals surface area contributed by atoms with Crippen LogP contribution in [0.3, 0.4) is 0 Å². The fourth-order valence-electron chi connectivity index (χ4n) is 1.66. The molecule has 0 atom stereocenters. The number of hydrogen-bond acceptors (Lipinski definition) is 5. The highest BCUT2D eigenvalue weighted by Crippen LogP contribution is 2.35. The molecular weight excluding hydrogens is 282 g/mol. The first-order chi connectivity index (χ1) is 9.41. The largest absolute Gasteiger partial charge is 0.430 e. The maximum atomic E-state index is 11.0. The summed E-state index contributed by atoms with van der Waals surface area (Å²) in [5, 5.41) is 18.9. The van der Waals surface area contributed by atoms with Crippen molar-refractivity contribution in [3.05, 3.63) is 50.2 Å². The van der Waals surface area contributed by atoms with Crippen molar-refractivity contribution < 1.29 is 9.66 Å². The van der Waals surface area contributed by atoms with Crippen LogP contribution in [0.4, 0.5) is 5.69 Å². The van der Waals surface area contributed by atoms with Gasteiger partial charge in [-0.05, 0) is 31.9 Å². The Labute approximate surface area is 120 Å². The van der Waals surface area contributed by atoms with Gasteiger partial charge in [-0.2, -0.15) is 0 Å². The Morgan fingerprint density at radius 2 is 1.90 bits per heavy atom. The molecule has 0 saturated carbocycles. The van der Waals surface area contributed by atoms with Crippen molar-refractivity contribution in [2.45, 2.75) is 20.8 Å². The minimum absolute atomic E-state index is 0.112. The monoisotopic (exact) mass is 293 g/mol. The summed E-state index contributed by atoms with van der Waals surface area (Å²) < 4.78 is 5.59. The van der Waals surface area contributed by atoms with E-state index < -0.39 is 4.92 Å². The maximum absolute atomic E-state index is 11.0. The highest BCUT2D eigenvalue weighted by atomic mass is 35.5. The maximum Gasteiger partial charge on any atom is 0.311 e. The first-order valence-corrected chi connectivity index (χ1v) is 6.21. The standard InChI is InChI=1S/C13H12ClN3O3/c1-7-5-4-6-10(17(18)19)11(7)20-13-9(3)8(2)12(14)15-16-13/h4-6H,1-3H3. The number of rotatable bonds is 3. The predicted molar refractivity (Wildman–Crippen MR) is 74.4 cm³/mol. The molecule has 1 heterocycles. The zero-order chi connectivity index (χ0) is 14.9. The van der Waals surface area contributed by atoms with Gasteiger partial charge in [0.15, 0.2) is 5.15 Å². The van der Waals surface area contributed by atoms with Crippen molar-refractivity contribution in [1.29, 1.82) is 0 Å². The molecule has 0 saturated heterocycles. The number of ether oxygens (including phenoxy) is 1. The Hall–Kier alpha value is -2.21. The number of aromatic nitrogens is 2. The second-order valence-electron chi connectivity index (χ2n) is 4.33. The summed E-state index contributed by atoms with van der Waals surface area (Å²) in [5.74, 6) is 0.376. The molecule has 104 valence electrons. The van der Waals surface area contributed by atoms with Crippen LogP contribution in [0.5, 0.6) is 11.6 Å². The molecule has 20 heavy (non-hydrogen) atoms. The molecule has 0 amide bonds. The van der Waals surface area contributed by atoms with Crippen molar-refractivity contribution in [3.8, 4) is 11.6 Å². The number of aryl methyl sites for hydroxylation is 1. The van der Waals surface area contributed by atoms with Crippen LogP contribution in [0.15, 0.2) is 18.2 Å². The molecule has 1 aromatic carbocycles. The van der Waals surface area contributed by atoms with Gasteiger partial charge in [-0.3, -0.25) is 10.1 Å². The van der Waals surface area contributed by atoms with Crippen molar-refractivity contribution in [2.24, 2.45) is 0 Å². The molecule has 0 unspecified atom stereocenters. The zero-order valence-corrected chi connectivity index (χ0v) is 11.9. The Bertz CT molecular complexity index is 689. The van der Waals surface area contributed by atoms with Crippen LogP contribution in [0.2, 0.25) is 5.15 Å². The fraction of sp³-hybridized carbons (Fsp3) is 0.231. The fourth-order valence-corrected chi connectivity index (χ4v) is 1.84. The van der Waals surface area contributed by atoms with E-state index in [2.05, 4.69) is 10.2 Å². The quantitative estimate of drug-likeness (QED) is 0.636. The lowest BCUT2D eigenvalue weighted by molar-refractivity contribution is -0.385. The Balaban J connectivity index is 2.51. The third kappa shape index (κ3) is 2.55. The van der Waals surface area contributed by atoms with E-state index in [4.69, 9.17) is 16.3 Å². The van der Waals surface area contributed by atoms with Gasteiger partial charge < -0.3 is 4.74 Å². The van der Waals surface area contributed by atoms with Crippen LogP contribution < -0.4 is 4.74 Å². The molecular formula is C13H12ClN3O3. The van der Waals surface area contributed by atoms with Gasteiger partial charge in [0.2, 0.25) is 11.6 Å². The van der Waals surface area contributed by atoms with Gasteiger partial charge in [0.25, 0.3) is 0 Å². The van der Waals surface area contributed by atoms with Gasteiger partial charge in [0, 0.05) is 11.6 Å². The molecule has 0 fully saturated rings. The first kappa shape index (κ1) is 14.2. The Morgan fingerprint density at radius 3 is 2.55 bits per heavy atom. The lowest BCUT2D eigenvalue weighted by atomic mass is 10.2. The van der Waals surface area contributed by atoms with E-state index in [-0.39, 0.29) is 22.5 Å². The molecule has 0 bridgehead atoms. The third-order valence-corrected chi connectivity index (χ3v) is 3.37. The lowest BCUT2D eigenvalue weighted by Gasteiger charge is -2.11. The molecule has 0 aliphatic rings. The minimum atomic E-state index is -0.492. The van der Waals surface area contributed by atoms with Crippen molar-refractivity contribution >= 4 is 17.3 Å². The first-order valence-electron chi connectivity index (χ1n) is 5.83. The SMILES string of the molecule is Cc1cccc([N+](=O)[O-])c1Oc1nnc(Cl)c(C)c1C. The molecule has 2 rings (SSSR count). The smallest absolute Gasteiger partial charge is 0.311 e. The number of para-hydroxylation sites is 1. The van der Waals surface area contributed by atoms with Crippen LogP contribution in [0, 0.1) is 30.9 Å².